The van der Waals surface area contributed by atoms with Crippen LogP contribution in [0.2, 0.25) is 0 Å². The Labute approximate surface area is 72.1 Å². The van der Waals surface area contributed by atoms with Crippen LogP contribution in [0, 0.1) is 0 Å². The van der Waals surface area contributed by atoms with E-state index in [0.29, 0.717) is 12.5 Å². The van der Waals surface area contributed by atoms with Gasteiger partial charge in [0.2, 0.25) is 11.7 Å². The molecule has 0 spiro atoms. The van der Waals surface area contributed by atoms with E-state index in [2.05, 4.69) is 18.8 Å². The third-order valence-electron chi connectivity index (χ3n) is 2.21. The van der Waals surface area contributed by atoms with Gasteiger partial charge in [0.05, 0.1) is 12.1 Å². The first-order valence-electron chi connectivity index (χ1n) is 4.13. The molecule has 1 unspecified atom stereocenters. The van der Waals surface area contributed by atoms with Crippen LogP contribution >= 0.6 is 0 Å². The lowest BCUT2D eigenvalue weighted by molar-refractivity contribution is -0.200. The Bertz CT molecular complexity index is 249. The van der Waals surface area contributed by atoms with Crippen LogP contribution in [0.1, 0.15) is 27.7 Å². The third kappa shape index (κ3) is 0.881. The maximum atomic E-state index is 5.56. The molecule has 0 bridgehead atoms. The van der Waals surface area contributed by atoms with Crippen LogP contribution in [0.3, 0.4) is 0 Å². The minimum absolute atomic E-state index is 0.0873. The normalized spacial score (nSPS) is 39.2. The van der Waals surface area contributed by atoms with E-state index in [0.717, 1.165) is 0 Å². The highest BCUT2D eigenvalue weighted by Crippen LogP contribution is 2.39. The monoisotopic (exact) mass is 170 g/mol. The van der Waals surface area contributed by atoms with Crippen molar-refractivity contribution >= 4 is 5.90 Å². The van der Waals surface area contributed by atoms with Crippen molar-refractivity contribution in [1.29, 1.82) is 0 Å². The number of nitrogens with zero attached hydrogens (tertiary/aromatic N) is 2. The molecule has 0 aliphatic carbocycles. The second kappa shape index (κ2) is 2.00. The van der Waals surface area contributed by atoms with E-state index in [1.54, 1.807) is 0 Å². The maximum Gasteiger partial charge on any atom is 0.250 e. The molecule has 0 saturated carbocycles. The summed E-state index contributed by atoms with van der Waals surface area (Å²) in [6, 6.07) is 0. The van der Waals surface area contributed by atoms with Gasteiger partial charge in [-0.05, 0) is 13.8 Å². The number of fused-ring (bicyclic) bond motifs is 1. The van der Waals surface area contributed by atoms with Crippen LogP contribution < -0.4 is 0 Å². The number of rotatable bonds is 0. The molecule has 4 heteroatoms. The first-order valence-corrected chi connectivity index (χ1v) is 4.13. The number of hydrogen-bond acceptors (Lipinski definition) is 4. The van der Waals surface area contributed by atoms with Crippen LogP contribution in [-0.4, -0.2) is 29.0 Å². The molecule has 2 aliphatic rings. The summed E-state index contributed by atoms with van der Waals surface area (Å²) < 4.78 is 5.56. The van der Waals surface area contributed by atoms with E-state index in [4.69, 9.17) is 9.57 Å². The molecule has 0 aromatic heterocycles. The first kappa shape index (κ1) is 8.01. The molecule has 0 radical (unpaired) electrons. The SMILES string of the molecule is CC1=NC2(C)OCC(C)(C)N2O1. The molecule has 2 aliphatic heterocycles. The summed E-state index contributed by atoms with van der Waals surface area (Å²) in [6.07, 6.45) is 0. The Morgan fingerprint density at radius 3 is 2.67 bits per heavy atom. The van der Waals surface area contributed by atoms with Crippen LogP contribution in [-0.2, 0) is 9.57 Å². The largest absolute Gasteiger partial charge is 0.386 e. The Balaban J connectivity index is 2.33. The van der Waals surface area contributed by atoms with Crippen LogP contribution in [0.4, 0.5) is 0 Å². The van der Waals surface area contributed by atoms with Crippen molar-refractivity contribution in [1.82, 2.24) is 5.06 Å². The lowest BCUT2D eigenvalue weighted by Crippen LogP contribution is -2.46. The van der Waals surface area contributed by atoms with Crippen molar-refractivity contribution in [3.8, 4) is 0 Å². The highest BCUT2D eigenvalue weighted by Gasteiger charge is 2.54. The van der Waals surface area contributed by atoms with E-state index < -0.39 is 5.85 Å². The van der Waals surface area contributed by atoms with Gasteiger partial charge in [-0.3, -0.25) is 0 Å². The van der Waals surface area contributed by atoms with E-state index in [1.807, 2.05) is 18.9 Å². The van der Waals surface area contributed by atoms with Crippen molar-refractivity contribution < 1.29 is 9.57 Å². The average Bonchev–Trinajstić information content (AvgIpc) is 2.32. The summed E-state index contributed by atoms with van der Waals surface area (Å²) in [5.74, 6) is 0.0819. The fourth-order valence-electron chi connectivity index (χ4n) is 1.72. The molecule has 1 atom stereocenters. The number of hydrogen-bond donors (Lipinski definition) is 0. The number of aliphatic imine (C=N–C) groups is 1. The third-order valence-corrected chi connectivity index (χ3v) is 2.21. The second-order valence-electron chi connectivity index (χ2n) is 4.05. The molecular formula is C8H14N2O2. The van der Waals surface area contributed by atoms with E-state index in [9.17, 15) is 0 Å². The van der Waals surface area contributed by atoms with Crippen LogP contribution in [0.5, 0.6) is 0 Å². The van der Waals surface area contributed by atoms with Gasteiger partial charge in [-0.25, -0.2) is 4.99 Å². The van der Waals surface area contributed by atoms with Crippen molar-refractivity contribution in [3.63, 3.8) is 0 Å². The number of ether oxygens (including phenoxy) is 1. The Hall–Kier alpha value is -0.610. The van der Waals surface area contributed by atoms with Crippen molar-refractivity contribution in [2.75, 3.05) is 6.61 Å². The van der Waals surface area contributed by atoms with Crippen LogP contribution in [0.25, 0.3) is 0 Å². The van der Waals surface area contributed by atoms with Gasteiger partial charge in [-0.1, -0.05) is 5.06 Å². The fourth-order valence-corrected chi connectivity index (χ4v) is 1.72. The molecule has 1 fully saturated rings. The molecule has 12 heavy (non-hydrogen) atoms. The molecule has 2 rings (SSSR count). The Kier molecular flexibility index (Phi) is 1.34. The predicted molar refractivity (Wildman–Crippen MR) is 44.5 cm³/mol. The van der Waals surface area contributed by atoms with Gasteiger partial charge in [-0.2, -0.15) is 0 Å². The smallest absolute Gasteiger partial charge is 0.250 e. The quantitative estimate of drug-likeness (QED) is 0.546. The Morgan fingerprint density at radius 2 is 2.08 bits per heavy atom. The minimum atomic E-state index is -0.590. The maximum absolute atomic E-state index is 5.56. The van der Waals surface area contributed by atoms with Gasteiger partial charge in [0.15, 0.2) is 0 Å². The summed E-state index contributed by atoms with van der Waals surface area (Å²) in [4.78, 5) is 9.74. The zero-order valence-electron chi connectivity index (χ0n) is 7.92. The highest BCUT2D eigenvalue weighted by atomic mass is 16.8. The molecule has 4 nitrogen and oxygen atoms in total. The molecule has 0 aromatic rings. The Morgan fingerprint density at radius 1 is 1.42 bits per heavy atom. The minimum Gasteiger partial charge on any atom is -0.386 e. The molecular weight excluding hydrogens is 156 g/mol. The summed E-state index contributed by atoms with van der Waals surface area (Å²) in [5, 5.41) is 1.81. The predicted octanol–water partition coefficient (Wildman–Crippen LogP) is 1.13. The average molecular weight is 170 g/mol. The molecule has 2 heterocycles. The number of hydroxylamine groups is 2. The topological polar surface area (TPSA) is 34.1 Å². The van der Waals surface area contributed by atoms with E-state index in [1.165, 1.54) is 0 Å². The lowest BCUT2D eigenvalue weighted by atomic mass is 10.1. The molecule has 68 valence electrons. The van der Waals surface area contributed by atoms with Gasteiger partial charge in [-0.15, -0.1) is 0 Å². The summed E-state index contributed by atoms with van der Waals surface area (Å²) in [7, 11) is 0. The van der Waals surface area contributed by atoms with E-state index >= 15 is 0 Å². The lowest BCUT2D eigenvalue weighted by Gasteiger charge is -2.29. The zero-order chi connectivity index (χ0) is 8.98. The summed E-state index contributed by atoms with van der Waals surface area (Å²) in [6.45, 7) is 8.56. The van der Waals surface area contributed by atoms with Gasteiger partial charge >= 0.3 is 0 Å². The first-order chi connectivity index (χ1) is 5.44. The molecule has 0 amide bonds. The van der Waals surface area contributed by atoms with Crippen LogP contribution in [0.15, 0.2) is 4.99 Å². The summed E-state index contributed by atoms with van der Waals surface area (Å²) >= 11 is 0. The van der Waals surface area contributed by atoms with Gasteiger partial charge in [0, 0.05) is 13.8 Å². The molecule has 0 aromatic carbocycles. The standard InChI is InChI=1S/C8H14N2O2/c1-6-9-8(4)10(12-6)7(2,3)5-11-8/h5H2,1-4H3. The molecule has 1 saturated heterocycles. The van der Waals surface area contributed by atoms with Gasteiger partial charge in [0.25, 0.3) is 0 Å². The summed E-state index contributed by atoms with van der Waals surface area (Å²) in [5.41, 5.74) is -0.0873. The molecule has 0 N–H and O–H groups in total. The van der Waals surface area contributed by atoms with Gasteiger partial charge in [0.1, 0.15) is 0 Å². The highest BCUT2D eigenvalue weighted by molar-refractivity contribution is 5.74. The van der Waals surface area contributed by atoms with Crippen molar-refractivity contribution in [3.05, 3.63) is 0 Å². The zero-order valence-corrected chi connectivity index (χ0v) is 7.92. The van der Waals surface area contributed by atoms with Crippen molar-refractivity contribution in [2.45, 2.75) is 39.1 Å². The fraction of sp³-hybridized carbons (Fsp3) is 0.875. The second-order valence-corrected chi connectivity index (χ2v) is 4.05. The van der Waals surface area contributed by atoms with E-state index in [-0.39, 0.29) is 5.54 Å². The van der Waals surface area contributed by atoms with Gasteiger partial charge < -0.3 is 9.57 Å². The van der Waals surface area contributed by atoms with Crippen molar-refractivity contribution in [2.24, 2.45) is 4.99 Å².